The van der Waals surface area contributed by atoms with E-state index in [4.69, 9.17) is 4.74 Å². The van der Waals surface area contributed by atoms with Crippen molar-refractivity contribution in [3.05, 3.63) is 0 Å². The van der Waals surface area contributed by atoms with Crippen LogP contribution in [0.4, 0.5) is 0 Å². The summed E-state index contributed by atoms with van der Waals surface area (Å²) in [6.07, 6.45) is 4.97. The molecule has 0 radical (unpaired) electrons. The molecule has 0 aliphatic carbocycles. The lowest BCUT2D eigenvalue weighted by atomic mass is 9.98. The van der Waals surface area contributed by atoms with E-state index in [2.05, 4.69) is 10.6 Å². The van der Waals surface area contributed by atoms with E-state index in [1.165, 1.54) is 7.11 Å². The van der Waals surface area contributed by atoms with Crippen LogP contribution in [0.25, 0.3) is 0 Å². The molecule has 0 spiro atoms. The van der Waals surface area contributed by atoms with Gasteiger partial charge in [-0.3, -0.25) is 4.79 Å². The van der Waals surface area contributed by atoms with Crippen LogP contribution in [0.2, 0.25) is 0 Å². The van der Waals surface area contributed by atoms with Crippen LogP contribution in [0.1, 0.15) is 46.0 Å². The summed E-state index contributed by atoms with van der Waals surface area (Å²) in [7, 11) is 1.35. The molecule has 0 aromatic heterocycles. The van der Waals surface area contributed by atoms with Crippen molar-refractivity contribution in [3.8, 4) is 0 Å². The fourth-order valence-corrected chi connectivity index (χ4v) is 2.30. The number of esters is 1. The van der Waals surface area contributed by atoms with Gasteiger partial charge < -0.3 is 15.4 Å². The van der Waals surface area contributed by atoms with Crippen molar-refractivity contribution in [2.75, 3.05) is 13.7 Å². The number of methoxy groups -OCH3 is 1. The Balaban J connectivity index is 2.61. The van der Waals surface area contributed by atoms with Crippen LogP contribution in [0, 0.1) is 5.92 Å². The Bertz CT molecular complexity index is 299. The average molecular weight is 270 g/mol. The Morgan fingerprint density at radius 1 is 1.37 bits per heavy atom. The van der Waals surface area contributed by atoms with Gasteiger partial charge in [-0.05, 0) is 25.3 Å². The van der Waals surface area contributed by atoms with Gasteiger partial charge in [0.15, 0.2) is 0 Å². The van der Waals surface area contributed by atoms with Crippen molar-refractivity contribution in [2.45, 2.75) is 58.0 Å². The van der Waals surface area contributed by atoms with Crippen molar-refractivity contribution in [1.82, 2.24) is 10.6 Å². The normalized spacial score (nSPS) is 23.0. The minimum atomic E-state index is -0.549. The van der Waals surface area contributed by atoms with E-state index in [1.807, 2.05) is 13.8 Å². The molecule has 110 valence electrons. The van der Waals surface area contributed by atoms with E-state index >= 15 is 0 Å². The minimum Gasteiger partial charge on any atom is -0.467 e. The number of ether oxygens (including phenoxy) is 1. The van der Waals surface area contributed by atoms with Crippen LogP contribution >= 0.6 is 0 Å². The van der Waals surface area contributed by atoms with Gasteiger partial charge in [-0.25, -0.2) is 4.79 Å². The average Bonchev–Trinajstić information content (AvgIpc) is 2.71. The van der Waals surface area contributed by atoms with Crippen LogP contribution in [-0.2, 0) is 14.3 Å². The second-order valence-corrected chi connectivity index (χ2v) is 5.25. The monoisotopic (exact) mass is 270 g/mol. The van der Waals surface area contributed by atoms with Gasteiger partial charge in [0, 0.05) is 0 Å². The predicted molar refractivity (Wildman–Crippen MR) is 73.7 cm³/mol. The topological polar surface area (TPSA) is 67.4 Å². The maximum absolute atomic E-state index is 12.2. The molecule has 3 atom stereocenters. The van der Waals surface area contributed by atoms with Crippen molar-refractivity contribution in [2.24, 2.45) is 5.92 Å². The number of hydrogen-bond acceptors (Lipinski definition) is 4. The van der Waals surface area contributed by atoms with Crippen LogP contribution in [0.5, 0.6) is 0 Å². The van der Waals surface area contributed by atoms with E-state index in [9.17, 15) is 9.59 Å². The Hall–Kier alpha value is -1.10. The summed E-state index contributed by atoms with van der Waals surface area (Å²) in [6.45, 7) is 4.81. The molecule has 1 heterocycles. The number of carbonyl (C=O) groups excluding carboxylic acids is 2. The highest BCUT2D eigenvalue weighted by Gasteiger charge is 2.29. The first-order chi connectivity index (χ1) is 9.10. The molecule has 1 aliphatic rings. The van der Waals surface area contributed by atoms with Crippen molar-refractivity contribution in [1.29, 1.82) is 0 Å². The molecule has 1 fully saturated rings. The van der Waals surface area contributed by atoms with E-state index in [1.54, 1.807) is 0 Å². The molecule has 2 N–H and O–H groups in total. The lowest BCUT2D eigenvalue weighted by Crippen LogP contribution is -2.52. The molecule has 1 aliphatic heterocycles. The predicted octanol–water partition coefficient (Wildman–Crippen LogP) is 1.22. The largest absolute Gasteiger partial charge is 0.467 e. The molecular weight excluding hydrogens is 244 g/mol. The summed E-state index contributed by atoms with van der Waals surface area (Å²) in [4.78, 5) is 24.0. The van der Waals surface area contributed by atoms with Crippen molar-refractivity contribution >= 4 is 11.9 Å². The van der Waals surface area contributed by atoms with Gasteiger partial charge in [0.1, 0.15) is 6.04 Å². The summed E-state index contributed by atoms with van der Waals surface area (Å²) < 4.78 is 4.77. The first-order valence-corrected chi connectivity index (χ1v) is 7.21. The Labute approximate surface area is 115 Å². The second-order valence-electron chi connectivity index (χ2n) is 5.25. The van der Waals surface area contributed by atoms with Gasteiger partial charge in [0.05, 0.1) is 13.2 Å². The van der Waals surface area contributed by atoms with Crippen LogP contribution in [0.3, 0.4) is 0 Å². The highest BCUT2D eigenvalue weighted by Crippen LogP contribution is 2.12. The fraction of sp³-hybridized carbons (Fsp3) is 0.857. The smallest absolute Gasteiger partial charge is 0.328 e. The van der Waals surface area contributed by atoms with Gasteiger partial charge in [-0.1, -0.05) is 33.1 Å². The standard InChI is InChI=1S/C14H26N2O3/c1-4-10(2)12(14(18)19-3)16-13(17)11-8-6-5-7-9-15-11/h10-12,15H,4-9H2,1-3H3,(H,16,17). The van der Waals surface area contributed by atoms with Crippen molar-refractivity contribution < 1.29 is 14.3 Å². The van der Waals surface area contributed by atoms with Crippen LogP contribution in [0.15, 0.2) is 0 Å². The molecule has 5 heteroatoms. The minimum absolute atomic E-state index is 0.0715. The molecule has 0 aromatic rings. The molecule has 1 rings (SSSR count). The van der Waals surface area contributed by atoms with Crippen LogP contribution < -0.4 is 10.6 Å². The second kappa shape index (κ2) is 8.15. The van der Waals surface area contributed by atoms with Gasteiger partial charge >= 0.3 is 5.97 Å². The molecule has 0 aromatic carbocycles. The molecule has 1 saturated heterocycles. The maximum atomic E-state index is 12.2. The van der Waals surface area contributed by atoms with Gasteiger partial charge in [-0.2, -0.15) is 0 Å². The molecule has 19 heavy (non-hydrogen) atoms. The van der Waals surface area contributed by atoms with Crippen LogP contribution in [-0.4, -0.2) is 37.6 Å². The lowest BCUT2D eigenvalue weighted by molar-refractivity contribution is -0.146. The zero-order valence-corrected chi connectivity index (χ0v) is 12.2. The van der Waals surface area contributed by atoms with Crippen molar-refractivity contribution in [3.63, 3.8) is 0 Å². The van der Waals surface area contributed by atoms with Gasteiger partial charge in [0.25, 0.3) is 0 Å². The quantitative estimate of drug-likeness (QED) is 0.737. The van der Waals surface area contributed by atoms with E-state index in [0.717, 1.165) is 38.6 Å². The first kappa shape index (κ1) is 16.0. The third-order valence-electron chi connectivity index (χ3n) is 3.84. The SMILES string of the molecule is CCC(C)C(NC(=O)C1CCCCCN1)C(=O)OC. The lowest BCUT2D eigenvalue weighted by Gasteiger charge is -2.24. The third kappa shape index (κ3) is 4.82. The number of carbonyl (C=O) groups is 2. The molecule has 5 nitrogen and oxygen atoms in total. The molecule has 0 saturated carbocycles. The number of amides is 1. The summed E-state index contributed by atoms with van der Waals surface area (Å²) >= 11 is 0. The Morgan fingerprint density at radius 2 is 2.11 bits per heavy atom. The van der Waals surface area contributed by atoms with Gasteiger partial charge in [0.2, 0.25) is 5.91 Å². The van der Waals surface area contributed by atoms with E-state index < -0.39 is 6.04 Å². The molecule has 3 unspecified atom stereocenters. The third-order valence-corrected chi connectivity index (χ3v) is 3.84. The zero-order valence-electron chi connectivity index (χ0n) is 12.2. The zero-order chi connectivity index (χ0) is 14.3. The molecular formula is C14H26N2O3. The Kier molecular flexibility index (Phi) is 6.84. The van der Waals surface area contributed by atoms with Gasteiger partial charge in [-0.15, -0.1) is 0 Å². The Morgan fingerprint density at radius 3 is 2.74 bits per heavy atom. The summed E-state index contributed by atoms with van der Waals surface area (Å²) in [5, 5.41) is 6.08. The summed E-state index contributed by atoms with van der Waals surface area (Å²) in [6, 6.07) is -0.730. The summed E-state index contributed by atoms with van der Waals surface area (Å²) in [5.74, 6) is -0.379. The molecule has 1 amide bonds. The van der Waals surface area contributed by atoms with E-state index in [0.29, 0.717) is 0 Å². The fourth-order valence-electron chi connectivity index (χ4n) is 2.30. The number of hydrogen-bond donors (Lipinski definition) is 2. The summed E-state index contributed by atoms with van der Waals surface area (Å²) in [5.41, 5.74) is 0. The first-order valence-electron chi connectivity index (χ1n) is 7.21. The van der Waals surface area contributed by atoms with E-state index in [-0.39, 0.29) is 23.8 Å². The highest BCUT2D eigenvalue weighted by atomic mass is 16.5. The maximum Gasteiger partial charge on any atom is 0.328 e. The highest BCUT2D eigenvalue weighted by molar-refractivity contribution is 5.87. The molecule has 0 bridgehead atoms. The number of rotatable bonds is 5. The number of nitrogens with one attached hydrogen (secondary N) is 2.